The number of amides is 2. The van der Waals surface area contributed by atoms with Crippen LogP contribution in [0.5, 0.6) is 5.75 Å². The monoisotopic (exact) mass is 289 g/mol. The second-order valence-electron chi connectivity index (χ2n) is 5.96. The molecule has 2 atom stereocenters. The van der Waals surface area contributed by atoms with Gasteiger partial charge in [0.15, 0.2) is 0 Å². The Morgan fingerprint density at radius 3 is 2.48 bits per heavy atom. The van der Waals surface area contributed by atoms with Gasteiger partial charge in [0.05, 0.1) is 6.61 Å². The molecule has 0 aliphatic carbocycles. The Labute approximate surface area is 125 Å². The molecule has 0 bridgehead atoms. The van der Waals surface area contributed by atoms with E-state index in [0.29, 0.717) is 18.9 Å². The van der Waals surface area contributed by atoms with E-state index in [4.69, 9.17) is 4.74 Å². The number of carbonyl (C=O) groups excluding carboxylic acids is 2. The Bertz CT molecular complexity index is 507. The first-order valence-electron chi connectivity index (χ1n) is 7.57. The molecule has 0 radical (unpaired) electrons. The lowest BCUT2D eigenvalue weighted by atomic mass is 9.76. The lowest BCUT2D eigenvalue weighted by Crippen LogP contribution is -2.45. The van der Waals surface area contributed by atoms with Crippen molar-refractivity contribution in [1.82, 2.24) is 5.32 Å². The molecule has 0 spiro atoms. The summed E-state index contributed by atoms with van der Waals surface area (Å²) in [6, 6.07) is 7.74. The molecular formula is C17H23NO3. The van der Waals surface area contributed by atoms with Gasteiger partial charge in [-0.1, -0.05) is 26.0 Å². The SMILES string of the molecule is CCOc1ccc(C2CC(=O)NC(=O)C2CC(C)C)cc1. The molecular weight excluding hydrogens is 266 g/mol. The summed E-state index contributed by atoms with van der Waals surface area (Å²) in [5.74, 6) is 0.732. The standard InChI is InChI=1S/C17H23NO3/c1-4-21-13-7-5-12(6-8-13)14-10-16(19)18-17(20)15(14)9-11(2)3/h5-8,11,14-15H,4,9-10H2,1-3H3,(H,18,19,20). The summed E-state index contributed by atoms with van der Waals surface area (Å²) in [6.07, 6.45) is 1.16. The molecule has 1 aromatic rings. The number of hydrogen-bond donors (Lipinski definition) is 1. The van der Waals surface area contributed by atoms with E-state index >= 15 is 0 Å². The van der Waals surface area contributed by atoms with Crippen molar-refractivity contribution in [2.24, 2.45) is 11.8 Å². The molecule has 2 rings (SSSR count). The van der Waals surface area contributed by atoms with Crippen molar-refractivity contribution in [3.8, 4) is 5.75 Å². The Balaban J connectivity index is 2.23. The van der Waals surface area contributed by atoms with Crippen LogP contribution in [0.3, 0.4) is 0 Å². The van der Waals surface area contributed by atoms with Crippen molar-refractivity contribution >= 4 is 11.8 Å². The van der Waals surface area contributed by atoms with Gasteiger partial charge in [0.1, 0.15) is 5.75 Å². The van der Waals surface area contributed by atoms with Crippen molar-refractivity contribution < 1.29 is 14.3 Å². The molecule has 4 heteroatoms. The van der Waals surface area contributed by atoms with Gasteiger partial charge in [-0.2, -0.15) is 0 Å². The Morgan fingerprint density at radius 2 is 1.90 bits per heavy atom. The minimum Gasteiger partial charge on any atom is -0.494 e. The summed E-state index contributed by atoms with van der Waals surface area (Å²) < 4.78 is 5.44. The smallest absolute Gasteiger partial charge is 0.230 e. The van der Waals surface area contributed by atoms with E-state index in [1.165, 1.54) is 0 Å². The quantitative estimate of drug-likeness (QED) is 0.848. The molecule has 4 nitrogen and oxygen atoms in total. The minimum absolute atomic E-state index is 0.0377. The van der Waals surface area contributed by atoms with Crippen LogP contribution in [-0.2, 0) is 9.59 Å². The van der Waals surface area contributed by atoms with Crippen LogP contribution in [0.2, 0.25) is 0 Å². The van der Waals surface area contributed by atoms with E-state index in [0.717, 1.165) is 17.7 Å². The maximum absolute atomic E-state index is 12.1. The van der Waals surface area contributed by atoms with E-state index < -0.39 is 0 Å². The maximum Gasteiger partial charge on any atom is 0.230 e. The van der Waals surface area contributed by atoms with Gasteiger partial charge in [0.2, 0.25) is 11.8 Å². The number of hydrogen-bond acceptors (Lipinski definition) is 3. The van der Waals surface area contributed by atoms with E-state index in [2.05, 4.69) is 19.2 Å². The molecule has 1 heterocycles. The van der Waals surface area contributed by atoms with Gasteiger partial charge >= 0.3 is 0 Å². The van der Waals surface area contributed by atoms with Crippen LogP contribution in [0.15, 0.2) is 24.3 Å². The number of rotatable bonds is 5. The fourth-order valence-corrected chi connectivity index (χ4v) is 2.91. The molecule has 21 heavy (non-hydrogen) atoms. The van der Waals surface area contributed by atoms with Gasteiger partial charge < -0.3 is 4.74 Å². The normalized spacial score (nSPS) is 22.3. The summed E-state index contributed by atoms with van der Waals surface area (Å²) in [5, 5.41) is 2.46. The second kappa shape index (κ2) is 6.74. The number of ether oxygens (including phenoxy) is 1. The van der Waals surface area contributed by atoms with Crippen molar-refractivity contribution in [3.63, 3.8) is 0 Å². The topological polar surface area (TPSA) is 55.4 Å². The van der Waals surface area contributed by atoms with Gasteiger partial charge in [-0.25, -0.2) is 0 Å². The molecule has 0 aromatic heterocycles. The van der Waals surface area contributed by atoms with Crippen LogP contribution in [0.25, 0.3) is 0 Å². The summed E-state index contributed by atoms with van der Waals surface area (Å²) in [7, 11) is 0. The Hall–Kier alpha value is -1.84. The van der Waals surface area contributed by atoms with Crippen LogP contribution in [0, 0.1) is 11.8 Å². The number of benzene rings is 1. The van der Waals surface area contributed by atoms with Crippen LogP contribution in [0.1, 0.15) is 45.1 Å². The first-order chi connectivity index (χ1) is 10.0. The van der Waals surface area contributed by atoms with Crippen LogP contribution >= 0.6 is 0 Å². The fourth-order valence-electron chi connectivity index (χ4n) is 2.91. The van der Waals surface area contributed by atoms with Crippen molar-refractivity contribution in [2.75, 3.05) is 6.61 Å². The average molecular weight is 289 g/mol. The largest absolute Gasteiger partial charge is 0.494 e. The first-order valence-corrected chi connectivity index (χ1v) is 7.57. The van der Waals surface area contributed by atoms with E-state index in [1.807, 2.05) is 31.2 Å². The fraction of sp³-hybridized carbons (Fsp3) is 0.529. The van der Waals surface area contributed by atoms with Gasteiger partial charge in [0, 0.05) is 18.3 Å². The highest BCUT2D eigenvalue weighted by Gasteiger charge is 2.36. The van der Waals surface area contributed by atoms with E-state index in [9.17, 15) is 9.59 Å². The zero-order valence-electron chi connectivity index (χ0n) is 12.9. The van der Waals surface area contributed by atoms with Gasteiger partial charge in [-0.15, -0.1) is 0 Å². The number of nitrogens with one attached hydrogen (secondary N) is 1. The van der Waals surface area contributed by atoms with Gasteiger partial charge in [0.25, 0.3) is 0 Å². The summed E-state index contributed by atoms with van der Waals surface area (Å²) >= 11 is 0. The Kier molecular flexibility index (Phi) is 4.99. The third-order valence-corrected chi connectivity index (χ3v) is 3.83. The number of imide groups is 1. The van der Waals surface area contributed by atoms with Crippen molar-refractivity contribution in [3.05, 3.63) is 29.8 Å². The molecule has 1 saturated heterocycles. The average Bonchev–Trinajstić information content (AvgIpc) is 2.42. The number of carbonyl (C=O) groups is 2. The predicted molar refractivity (Wildman–Crippen MR) is 81.1 cm³/mol. The second-order valence-corrected chi connectivity index (χ2v) is 5.96. The predicted octanol–water partition coefficient (Wildman–Crippen LogP) is 2.88. The lowest BCUT2D eigenvalue weighted by molar-refractivity contribution is -0.137. The zero-order valence-corrected chi connectivity index (χ0v) is 12.9. The number of piperidine rings is 1. The molecule has 114 valence electrons. The zero-order chi connectivity index (χ0) is 15.4. The summed E-state index contributed by atoms with van der Waals surface area (Å²) in [5.41, 5.74) is 1.03. The Morgan fingerprint density at radius 1 is 1.24 bits per heavy atom. The van der Waals surface area contributed by atoms with Crippen LogP contribution in [0.4, 0.5) is 0 Å². The molecule has 1 fully saturated rings. The highest BCUT2D eigenvalue weighted by molar-refractivity contribution is 5.99. The summed E-state index contributed by atoms with van der Waals surface area (Å²) in [4.78, 5) is 23.8. The minimum atomic E-state index is -0.182. The molecule has 2 unspecified atom stereocenters. The van der Waals surface area contributed by atoms with Crippen molar-refractivity contribution in [1.29, 1.82) is 0 Å². The van der Waals surface area contributed by atoms with Gasteiger partial charge in [-0.3, -0.25) is 14.9 Å². The third kappa shape index (κ3) is 3.84. The third-order valence-electron chi connectivity index (χ3n) is 3.83. The lowest BCUT2D eigenvalue weighted by Gasteiger charge is -2.31. The first kappa shape index (κ1) is 15.5. The molecule has 0 saturated carbocycles. The van der Waals surface area contributed by atoms with E-state index in [-0.39, 0.29) is 23.7 Å². The van der Waals surface area contributed by atoms with Crippen LogP contribution in [-0.4, -0.2) is 18.4 Å². The maximum atomic E-state index is 12.1. The highest BCUT2D eigenvalue weighted by atomic mass is 16.5. The highest BCUT2D eigenvalue weighted by Crippen LogP contribution is 2.35. The van der Waals surface area contributed by atoms with E-state index in [1.54, 1.807) is 0 Å². The van der Waals surface area contributed by atoms with Gasteiger partial charge in [-0.05, 0) is 37.0 Å². The van der Waals surface area contributed by atoms with Crippen molar-refractivity contribution in [2.45, 2.75) is 39.5 Å². The molecule has 1 aliphatic rings. The molecule has 2 amide bonds. The van der Waals surface area contributed by atoms with Crippen LogP contribution < -0.4 is 10.1 Å². The summed E-state index contributed by atoms with van der Waals surface area (Å²) in [6.45, 7) is 6.76. The molecule has 1 aliphatic heterocycles. The molecule has 1 N–H and O–H groups in total. The molecule has 1 aromatic carbocycles.